The Morgan fingerprint density at radius 2 is 2.17 bits per heavy atom. The molecule has 1 nitrogen and oxygen atoms in total. The molecule has 0 spiro atoms. The molecule has 0 aliphatic rings. The fourth-order valence-electron chi connectivity index (χ4n) is 1.11. The van der Waals surface area contributed by atoms with Gasteiger partial charge in [0.25, 0.3) is 0 Å². The van der Waals surface area contributed by atoms with Crippen LogP contribution in [0, 0.1) is 13.8 Å². The molecule has 0 aliphatic heterocycles. The molecule has 0 aromatic carbocycles. The average molecular weight is 178 g/mol. The Hall–Kier alpha value is -1.02. The van der Waals surface area contributed by atoms with Crippen LogP contribution in [0.5, 0.6) is 0 Å². The maximum Gasteiger partial charge on any atom is 0.143 e. The van der Waals surface area contributed by atoms with Crippen LogP contribution in [-0.4, -0.2) is 0 Å². The number of furan rings is 1. The SMILES string of the molecule is Cc1cc(-c2ccco2)sc1C. The molecule has 0 aliphatic carbocycles. The van der Waals surface area contributed by atoms with Crippen LogP contribution in [0.15, 0.2) is 28.9 Å². The van der Waals surface area contributed by atoms with Gasteiger partial charge in [0.15, 0.2) is 0 Å². The summed E-state index contributed by atoms with van der Waals surface area (Å²) in [6.07, 6.45) is 1.71. The normalized spacial score (nSPS) is 10.5. The van der Waals surface area contributed by atoms with Gasteiger partial charge in [-0.3, -0.25) is 0 Å². The minimum absolute atomic E-state index is 0.969. The number of rotatable bonds is 1. The Labute approximate surface area is 75.7 Å². The second-order valence-corrected chi connectivity index (χ2v) is 4.08. The van der Waals surface area contributed by atoms with E-state index in [1.165, 1.54) is 15.3 Å². The summed E-state index contributed by atoms with van der Waals surface area (Å²) in [6.45, 7) is 4.25. The smallest absolute Gasteiger partial charge is 0.143 e. The Morgan fingerprint density at radius 3 is 2.67 bits per heavy atom. The summed E-state index contributed by atoms with van der Waals surface area (Å²) in [4.78, 5) is 2.58. The van der Waals surface area contributed by atoms with E-state index in [9.17, 15) is 0 Å². The minimum Gasteiger partial charge on any atom is -0.464 e. The van der Waals surface area contributed by atoms with Gasteiger partial charge in [-0.15, -0.1) is 11.3 Å². The van der Waals surface area contributed by atoms with Gasteiger partial charge in [0.05, 0.1) is 11.1 Å². The van der Waals surface area contributed by atoms with E-state index in [-0.39, 0.29) is 0 Å². The maximum absolute atomic E-state index is 5.30. The lowest BCUT2D eigenvalue weighted by atomic mass is 10.2. The van der Waals surface area contributed by atoms with Crippen molar-refractivity contribution in [3.05, 3.63) is 34.9 Å². The standard InChI is InChI=1S/C10H10OS/c1-7-6-10(12-8(7)2)9-4-3-5-11-9/h3-6H,1-2H3. The van der Waals surface area contributed by atoms with E-state index >= 15 is 0 Å². The van der Waals surface area contributed by atoms with Crippen molar-refractivity contribution < 1.29 is 4.42 Å². The summed E-state index contributed by atoms with van der Waals surface area (Å²) in [5, 5.41) is 0. The minimum atomic E-state index is 0.969. The number of aryl methyl sites for hydroxylation is 2. The second-order valence-electron chi connectivity index (χ2n) is 2.83. The molecule has 2 aromatic heterocycles. The highest BCUT2D eigenvalue weighted by molar-refractivity contribution is 7.15. The Bertz CT molecular complexity index is 351. The third-order valence-electron chi connectivity index (χ3n) is 1.93. The highest BCUT2D eigenvalue weighted by atomic mass is 32.1. The predicted octanol–water partition coefficient (Wildman–Crippen LogP) is 3.62. The lowest BCUT2D eigenvalue weighted by Gasteiger charge is -1.86. The monoisotopic (exact) mass is 178 g/mol. The van der Waals surface area contributed by atoms with Crippen LogP contribution >= 0.6 is 11.3 Å². The van der Waals surface area contributed by atoms with E-state index in [1.807, 2.05) is 12.1 Å². The Balaban J connectivity index is 2.48. The summed E-state index contributed by atoms with van der Waals surface area (Å²) in [5.74, 6) is 0.969. The molecule has 0 atom stereocenters. The molecule has 0 fully saturated rings. The van der Waals surface area contributed by atoms with Gasteiger partial charge in [-0.05, 0) is 37.6 Å². The van der Waals surface area contributed by atoms with Crippen molar-refractivity contribution in [2.75, 3.05) is 0 Å². The zero-order chi connectivity index (χ0) is 8.55. The Morgan fingerprint density at radius 1 is 1.33 bits per heavy atom. The highest BCUT2D eigenvalue weighted by Crippen LogP contribution is 2.30. The average Bonchev–Trinajstić information content (AvgIpc) is 2.61. The van der Waals surface area contributed by atoms with Gasteiger partial charge in [0.1, 0.15) is 5.76 Å². The quantitative estimate of drug-likeness (QED) is 0.650. The zero-order valence-corrected chi connectivity index (χ0v) is 7.94. The van der Waals surface area contributed by atoms with Crippen molar-refractivity contribution in [2.24, 2.45) is 0 Å². The fourth-order valence-corrected chi connectivity index (χ4v) is 2.12. The van der Waals surface area contributed by atoms with Crippen LogP contribution in [-0.2, 0) is 0 Å². The van der Waals surface area contributed by atoms with Crippen molar-refractivity contribution in [2.45, 2.75) is 13.8 Å². The van der Waals surface area contributed by atoms with Gasteiger partial charge < -0.3 is 4.42 Å². The van der Waals surface area contributed by atoms with Crippen molar-refractivity contribution in [1.29, 1.82) is 0 Å². The maximum atomic E-state index is 5.30. The summed E-state index contributed by atoms with van der Waals surface area (Å²) in [7, 11) is 0. The topological polar surface area (TPSA) is 13.1 Å². The molecule has 0 amide bonds. The number of hydrogen-bond acceptors (Lipinski definition) is 2. The van der Waals surface area contributed by atoms with E-state index in [2.05, 4.69) is 19.9 Å². The van der Waals surface area contributed by atoms with Crippen LogP contribution in [0.4, 0.5) is 0 Å². The van der Waals surface area contributed by atoms with Gasteiger partial charge in [0, 0.05) is 4.88 Å². The fraction of sp³-hybridized carbons (Fsp3) is 0.200. The van der Waals surface area contributed by atoms with Gasteiger partial charge in [0.2, 0.25) is 0 Å². The van der Waals surface area contributed by atoms with Crippen molar-refractivity contribution in [3.8, 4) is 10.6 Å². The van der Waals surface area contributed by atoms with Gasteiger partial charge in [-0.1, -0.05) is 0 Å². The number of thiophene rings is 1. The van der Waals surface area contributed by atoms with Crippen LogP contribution in [0.2, 0.25) is 0 Å². The van der Waals surface area contributed by atoms with Gasteiger partial charge in [-0.25, -0.2) is 0 Å². The molecule has 2 rings (SSSR count). The molecule has 0 bridgehead atoms. The van der Waals surface area contributed by atoms with E-state index in [4.69, 9.17) is 4.42 Å². The molecule has 0 saturated heterocycles. The second kappa shape index (κ2) is 2.79. The molecule has 0 saturated carbocycles. The highest BCUT2D eigenvalue weighted by Gasteiger charge is 2.05. The largest absolute Gasteiger partial charge is 0.464 e. The summed E-state index contributed by atoms with van der Waals surface area (Å²) >= 11 is 1.78. The first-order valence-electron chi connectivity index (χ1n) is 3.88. The van der Waals surface area contributed by atoms with Crippen molar-refractivity contribution in [3.63, 3.8) is 0 Å². The molecular formula is C10H10OS. The molecule has 2 heterocycles. The van der Waals surface area contributed by atoms with Crippen LogP contribution in [0.3, 0.4) is 0 Å². The summed E-state index contributed by atoms with van der Waals surface area (Å²) < 4.78 is 5.30. The first-order valence-corrected chi connectivity index (χ1v) is 4.70. The van der Waals surface area contributed by atoms with E-state index in [0.717, 1.165) is 5.76 Å². The molecule has 2 heteroatoms. The molecule has 0 radical (unpaired) electrons. The molecule has 12 heavy (non-hydrogen) atoms. The summed E-state index contributed by atoms with van der Waals surface area (Å²) in [5.41, 5.74) is 1.34. The van der Waals surface area contributed by atoms with E-state index in [1.54, 1.807) is 17.6 Å². The van der Waals surface area contributed by atoms with E-state index in [0.29, 0.717) is 0 Å². The molecule has 0 unspecified atom stereocenters. The molecular weight excluding hydrogens is 168 g/mol. The molecule has 0 N–H and O–H groups in total. The van der Waals surface area contributed by atoms with Crippen molar-refractivity contribution in [1.82, 2.24) is 0 Å². The van der Waals surface area contributed by atoms with Crippen LogP contribution < -0.4 is 0 Å². The van der Waals surface area contributed by atoms with Crippen LogP contribution in [0.25, 0.3) is 10.6 Å². The first-order chi connectivity index (χ1) is 5.77. The third-order valence-corrected chi connectivity index (χ3v) is 3.10. The lowest BCUT2D eigenvalue weighted by Crippen LogP contribution is -1.63. The van der Waals surface area contributed by atoms with Crippen LogP contribution in [0.1, 0.15) is 10.4 Å². The lowest BCUT2D eigenvalue weighted by molar-refractivity contribution is 0.584. The zero-order valence-electron chi connectivity index (χ0n) is 7.13. The van der Waals surface area contributed by atoms with Gasteiger partial charge in [-0.2, -0.15) is 0 Å². The van der Waals surface area contributed by atoms with Crippen molar-refractivity contribution >= 4 is 11.3 Å². The van der Waals surface area contributed by atoms with E-state index < -0.39 is 0 Å². The molecule has 2 aromatic rings. The van der Waals surface area contributed by atoms with Gasteiger partial charge >= 0.3 is 0 Å². The Kier molecular flexibility index (Phi) is 1.77. The number of hydrogen-bond donors (Lipinski definition) is 0. The third kappa shape index (κ3) is 1.18. The molecule has 62 valence electrons. The summed E-state index contributed by atoms with van der Waals surface area (Å²) in [6, 6.07) is 6.07. The first kappa shape index (κ1) is 7.62. The predicted molar refractivity (Wildman–Crippen MR) is 51.5 cm³/mol.